The standard InChI is InChI=1S/C14H23NO4/c1-18-14(17)9-11-5-2-3-7-15(11)13(16)10-12-6-4-8-19-12/h11-12H,2-10H2,1H3. The molecule has 108 valence electrons. The Morgan fingerprint density at radius 2 is 2.05 bits per heavy atom. The molecule has 2 unspecified atom stereocenters. The number of amides is 1. The number of carbonyl (C=O) groups excluding carboxylic acids is 2. The van der Waals surface area contributed by atoms with Gasteiger partial charge in [0.2, 0.25) is 5.91 Å². The Kier molecular flexibility index (Phi) is 5.19. The zero-order valence-corrected chi connectivity index (χ0v) is 11.6. The van der Waals surface area contributed by atoms with Gasteiger partial charge in [-0.1, -0.05) is 0 Å². The highest BCUT2D eigenvalue weighted by Gasteiger charge is 2.30. The Labute approximate surface area is 114 Å². The maximum atomic E-state index is 12.3. The first-order valence-corrected chi connectivity index (χ1v) is 7.18. The van der Waals surface area contributed by atoms with E-state index in [0.717, 1.165) is 45.3 Å². The van der Waals surface area contributed by atoms with Gasteiger partial charge in [-0.2, -0.15) is 0 Å². The molecule has 0 aliphatic carbocycles. The maximum absolute atomic E-state index is 12.3. The molecule has 0 aromatic heterocycles. The molecule has 0 N–H and O–H groups in total. The normalized spacial score (nSPS) is 27.3. The minimum absolute atomic E-state index is 0.00935. The zero-order chi connectivity index (χ0) is 13.7. The number of carbonyl (C=O) groups is 2. The van der Waals surface area contributed by atoms with Crippen LogP contribution in [0.1, 0.15) is 44.9 Å². The van der Waals surface area contributed by atoms with Gasteiger partial charge in [-0.15, -0.1) is 0 Å². The van der Waals surface area contributed by atoms with Crippen molar-refractivity contribution in [3.8, 4) is 0 Å². The third-order valence-electron chi connectivity index (χ3n) is 4.00. The Morgan fingerprint density at radius 3 is 2.74 bits per heavy atom. The quantitative estimate of drug-likeness (QED) is 0.726. The van der Waals surface area contributed by atoms with Gasteiger partial charge in [-0.05, 0) is 32.1 Å². The average Bonchev–Trinajstić information content (AvgIpc) is 2.92. The predicted molar refractivity (Wildman–Crippen MR) is 69.6 cm³/mol. The number of likely N-dealkylation sites (tertiary alicyclic amines) is 1. The lowest BCUT2D eigenvalue weighted by Gasteiger charge is -2.35. The summed E-state index contributed by atoms with van der Waals surface area (Å²) in [5.41, 5.74) is 0. The van der Waals surface area contributed by atoms with Crippen molar-refractivity contribution in [3.63, 3.8) is 0 Å². The SMILES string of the molecule is COC(=O)CC1CCCCN1C(=O)CC1CCCO1. The Morgan fingerprint density at radius 1 is 1.21 bits per heavy atom. The highest BCUT2D eigenvalue weighted by atomic mass is 16.5. The van der Waals surface area contributed by atoms with E-state index in [-0.39, 0.29) is 24.0 Å². The van der Waals surface area contributed by atoms with E-state index in [1.807, 2.05) is 4.90 Å². The molecule has 2 aliphatic rings. The topological polar surface area (TPSA) is 55.8 Å². The molecular weight excluding hydrogens is 246 g/mol. The van der Waals surface area contributed by atoms with Crippen LogP contribution in [0.25, 0.3) is 0 Å². The molecule has 19 heavy (non-hydrogen) atoms. The summed E-state index contributed by atoms with van der Waals surface area (Å²) >= 11 is 0. The molecule has 0 aromatic rings. The molecule has 5 nitrogen and oxygen atoms in total. The largest absolute Gasteiger partial charge is 0.469 e. The number of nitrogens with zero attached hydrogens (tertiary/aromatic N) is 1. The van der Waals surface area contributed by atoms with Gasteiger partial charge in [0.25, 0.3) is 0 Å². The summed E-state index contributed by atoms with van der Waals surface area (Å²) < 4.78 is 10.2. The number of piperidine rings is 1. The van der Waals surface area contributed by atoms with Crippen LogP contribution in [0.15, 0.2) is 0 Å². The van der Waals surface area contributed by atoms with Gasteiger partial charge in [0, 0.05) is 19.2 Å². The van der Waals surface area contributed by atoms with Crippen LogP contribution in [0.5, 0.6) is 0 Å². The van der Waals surface area contributed by atoms with E-state index >= 15 is 0 Å². The fourth-order valence-electron chi connectivity index (χ4n) is 2.93. The number of rotatable bonds is 4. The van der Waals surface area contributed by atoms with E-state index in [1.165, 1.54) is 7.11 Å². The van der Waals surface area contributed by atoms with Crippen LogP contribution >= 0.6 is 0 Å². The molecule has 2 fully saturated rings. The smallest absolute Gasteiger partial charge is 0.307 e. The molecular formula is C14H23NO4. The molecule has 2 heterocycles. The first-order chi connectivity index (χ1) is 9.20. The highest BCUT2D eigenvalue weighted by Crippen LogP contribution is 2.23. The highest BCUT2D eigenvalue weighted by molar-refractivity contribution is 5.78. The average molecular weight is 269 g/mol. The fourth-order valence-corrected chi connectivity index (χ4v) is 2.93. The second kappa shape index (κ2) is 6.89. The molecule has 1 amide bonds. The van der Waals surface area contributed by atoms with E-state index in [2.05, 4.69) is 0 Å². The monoisotopic (exact) mass is 269 g/mol. The maximum Gasteiger partial charge on any atom is 0.307 e. The molecule has 0 radical (unpaired) electrons. The van der Waals surface area contributed by atoms with Crippen LogP contribution in [0.3, 0.4) is 0 Å². The van der Waals surface area contributed by atoms with Crippen LogP contribution in [0, 0.1) is 0 Å². The molecule has 2 saturated heterocycles. The van der Waals surface area contributed by atoms with E-state index in [1.54, 1.807) is 0 Å². The molecule has 0 spiro atoms. The van der Waals surface area contributed by atoms with Crippen molar-refractivity contribution in [3.05, 3.63) is 0 Å². The lowest BCUT2D eigenvalue weighted by molar-refractivity contribution is -0.145. The molecule has 0 saturated carbocycles. The Hall–Kier alpha value is -1.10. The van der Waals surface area contributed by atoms with Crippen molar-refractivity contribution < 1.29 is 19.1 Å². The van der Waals surface area contributed by atoms with Crippen LogP contribution in [0.2, 0.25) is 0 Å². The Balaban J connectivity index is 1.89. The number of hydrogen-bond acceptors (Lipinski definition) is 4. The molecule has 0 bridgehead atoms. The third kappa shape index (κ3) is 3.93. The van der Waals surface area contributed by atoms with Gasteiger partial charge in [-0.3, -0.25) is 9.59 Å². The van der Waals surface area contributed by atoms with Gasteiger partial charge in [0.05, 0.1) is 26.1 Å². The zero-order valence-electron chi connectivity index (χ0n) is 11.6. The minimum Gasteiger partial charge on any atom is -0.469 e. The Bertz CT molecular complexity index is 325. The summed E-state index contributed by atoms with van der Waals surface area (Å²) in [6, 6.07) is 0.00935. The van der Waals surface area contributed by atoms with Gasteiger partial charge >= 0.3 is 5.97 Å². The van der Waals surface area contributed by atoms with E-state index in [0.29, 0.717) is 12.8 Å². The lowest BCUT2D eigenvalue weighted by Crippen LogP contribution is -2.45. The first-order valence-electron chi connectivity index (χ1n) is 7.18. The van der Waals surface area contributed by atoms with Crippen molar-refractivity contribution >= 4 is 11.9 Å². The summed E-state index contributed by atoms with van der Waals surface area (Å²) in [4.78, 5) is 25.6. The summed E-state index contributed by atoms with van der Waals surface area (Å²) in [6.45, 7) is 1.52. The number of ether oxygens (including phenoxy) is 2. The van der Waals surface area contributed by atoms with Crippen molar-refractivity contribution in [2.75, 3.05) is 20.3 Å². The summed E-state index contributed by atoms with van der Waals surface area (Å²) in [5, 5.41) is 0. The van der Waals surface area contributed by atoms with Crippen molar-refractivity contribution in [1.82, 2.24) is 4.90 Å². The third-order valence-corrected chi connectivity index (χ3v) is 4.00. The van der Waals surface area contributed by atoms with Gasteiger partial charge in [0.15, 0.2) is 0 Å². The molecule has 2 atom stereocenters. The summed E-state index contributed by atoms with van der Waals surface area (Å²) in [5.74, 6) is -0.109. The second-order valence-corrected chi connectivity index (χ2v) is 5.36. The first kappa shape index (κ1) is 14.3. The van der Waals surface area contributed by atoms with Crippen LogP contribution in [-0.2, 0) is 19.1 Å². The minimum atomic E-state index is -0.234. The van der Waals surface area contributed by atoms with Gasteiger partial charge < -0.3 is 14.4 Å². The molecule has 5 heteroatoms. The number of hydrogen-bond donors (Lipinski definition) is 0. The van der Waals surface area contributed by atoms with Gasteiger partial charge in [0.1, 0.15) is 0 Å². The van der Waals surface area contributed by atoms with E-state index in [4.69, 9.17) is 9.47 Å². The van der Waals surface area contributed by atoms with E-state index < -0.39 is 0 Å². The molecule has 2 rings (SSSR count). The van der Waals surface area contributed by atoms with Crippen molar-refractivity contribution in [2.45, 2.75) is 57.1 Å². The van der Waals surface area contributed by atoms with Crippen LogP contribution < -0.4 is 0 Å². The van der Waals surface area contributed by atoms with Crippen LogP contribution in [0.4, 0.5) is 0 Å². The molecule has 2 aliphatic heterocycles. The second-order valence-electron chi connectivity index (χ2n) is 5.36. The fraction of sp³-hybridized carbons (Fsp3) is 0.857. The summed E-state index contributed by atoms with van der Waals surface area (Å²) in [6.07, 6.45) is 5.86. The van der Waals surface area contributed by atoms with Crippen molar-refractivity contribution in [1.29, 1.82) is 0 Å². The van der Waals surface area contributed by atoms with E-state index in [9.17, 15) is 9.59 Å². The summed E-state index contributed by atoms with van der Waals surface area (Å²) in [7, 11) is 1.39. The number of esters is 1. The predicted octanol–water partition coefficient (Wildman–Crippen LogP) is 1.50. The number of methoxy groups -OCH3 is 1. The van der Waals surface area contributed by atoms with Crippen LogP contribution in [-0.4, -0.2) is 49.2 Å². The van der Waals surface area contributed by atoms with Gasteiger partial charge in [-0.25, -0.2) is 0 Å². The molecule has 0 aromatic carbocycles. The lowest BCUT2D eigenvalue weighted by atomic mass is 9.98. The van der Waals surface area contributed by atoms with Crippen molar-refractivity contribution in [2.24, 2.45) is 0 Å².